The SMILES string of the molecule is COC(=O)c1cc2ccncc2c2cc(Cl)c(C)cc12. The number of ether oxygens (including phenoxy) is 1. The minimum atomic E-state index is -0.351. The molecular formula is C16H12ClNO2. The van der Waals surface area contributed by atoms with E-state index < -0.39 is 0 Å². The zero-order valence-electron chi connectivity index (χ0n) is 11.1. The molecule has 0 radical (unpaired) electrons. The van der Waals surface area contributed by atoms with Crippen molar-refractivity contribution in [3.8, 4) is 0 Å². The standard InChI is InChI=1S/C16H12ClNO2/c1-9-5-11-12(7-15(9)17)14-8-18-4-3-10(14)6-13(11)16(19)20-2/h3-8H,1-2H3. The van der Waals surface area contributed by atoms with Gasteiger partial charge in [0.25, 0.3) is 0 Å². The van der Waals surface area contributed by atoms with Crippen molar-refractivity contribution >= 4 is 39.1 Å². The fraction of sp³-hybridized carbons (Fsp3) is 0.125. The van der Waals surface area contributed by atoms with Gasteiger partial charge in [-0.25, -0.2) is 4.79 Å². The molecule has 0 fully saturated rings. The molecule has 1 heterocycles. The second-order valence-electron chi connectivity index (χ2n) is 4.66. The van der Waals surface area contributed by atoms with E-state index in [2.05, 4.69) is 4.98 Å². The number of pyridine rings is 1. The third-order valence-corrected chi connectivity index (χ3v) is 3.85. The Kier molecular flexibility index (Phi) is 3.07. The molecule has 0 aliphatic carbocycles. The summed E-state index contributed by atoms with van der Waals surface area (Å²) in [7, 11) is 1.38. The van der Waals surface area contributed by atoms with E-state index in [4.69, 9.17) is 16.3 Å². The molecular weight excluding hydrogens is 274 g/mol. The fourth-order valence-electron chi connectivity index (χ4n) is 2.40. The van der Waals surface area contributed by atoms with Crippen molar-refractivity contribution in [1.82, 2.24) is 4.98 Å². The van der Waals surface area contributed by atoms with Crippen molar-refractivity contribution in [2.75, 3.05) is 7.11 Å². The summed E-state index contributed by atoms with van der Waals surface area (Å²) in [5.74, 6) is -0.351. The van der Waals surface area contributed by atoms with Crippen molar-refractivity contribution in [2.24, 2.45) is 0 Å². The number of halogens is 1. The van der Waals surface area contributed by atoms with Gasteiger partial charge in [0.15, 0.2) is 0 Å². The minimum absolute atomic E-state index is 0.351. The average molecular weight is 286 g/mol. The quantitative estimate of drug-likeness (QED) is 0.498. The topological polar surface area (TPSA) is 39.2 Å². The van der Waals surface area contributed by atoms with Gasteiger partial charge in [-0.2, -0.15) is 0 Å². The number of hydrogen-bond donors (Lipinski definition) is 0. The molecule has 3 rings (SSSR count). The molecule has 1 aromatic heterocycles. The largest absolute Gasteiger partial charge is 0.465 e. The van der Waals surface area contributed by atoms with Gasteiger partial charge < -0.3 is 4.74 Å². The van der Waals surface area contributed by atoms with Crippen LogP contribution in [-0.4, -0.2) is 18.1 Å². The molecule has 20 heavy (non-hydrogen) atoms. The molecule has 0 N–H and O–H groups in total. The zero-order valence-corrected chi connectivity index (χ0v) is 11.9. The van der Waals surface area contributed by atoms with Crippen LogP contribution in [0, 0.1) is 6.92 Å². The number of carbonyl (C=O) groups is 1. The fourth-order valence-corrected chi connectivity index (χ4v) is 2.56. The third kappa shape index (κ3) is 1.91. The number of aromatic nitrogens is 1. The molecule has 0 aliphatic heterocycles. The number of nitrogens with zero attached hydrogens (tertiary/aromatic N) is 1. The molecule has 3 aromatic rings. The van der Waals surface area contributed by atoms with Crippen molar-refractivity contribution < 1.29 is 9.53 Å². The molecule has 0 aliphatic rings. The van der Waals surface area contributed by atoms with Crippen LogP contribution in [0.4, 0.5) is 0 Å². The van der Waals surface area contributed by atoms with E-state index in [-0.39, 0.29) is 5.97 Å². The van der Waals surface area contributed by atoms with Crippen LogP contribution < -0.4 is 0 Å². The highest BCUT2D eigenvalue weighted by Gasteiger charge is 2.14. The predicted molar refractivity (Wildman–Crippen MR) is 80.3 cm³/mol. The Morgan fingerprint density at radius 2 is 2.00 bits per heavy atom. The van der Waals surface area contributed by atoms with Gasteiger partial charge >= 0.3 is 5.97 Å². The molecule has 0 unspecified atom stereocenters. The van der Waals surface area contributed by atoms with Gasteiger partial charge in [-0.15, -0.1) is 0 Å². The summed E-state index contributed by atoms with van der Waals surface area (Å²) in [5, 5.41) is 4.32. The molecule has 0 amide bonds. The number of aryl methyl sites for hydroxylation is 1. The molecule has 3 nitrogen and oxygen atoms in total. The maximum atomic E-state index is 12.0. The first-order chi connectivity index (χ1) is 9.61. The lowest BCUT2D eigenvalue weighted by molar-refractivity contribution is 0.0603. The second kappa shape index (κ2) is 4.76. The summed E-state index contributed by atoms with van der Waals surface area (Å²) >= 11 is 6.22. The summed E-state index contributed by atoms with van der Waals surface area (Å²) in [6.45, 7) is 1.91. The van der Waals surface area contributed by atoms with Gasteiger partial charge in [0.2, 0.25) is 0 Å². The minimum Gasteiger partial charge on any atom is -0.465 e. The summed E-state index contributed by atoms with van der Waals surface area (Å²) in [6.07, 6.45) is 3.48. The number of methoxy groups -OCH3 is 1. The van der Waals surface area contributed by atoms with Crippen molar-refractivity contribution in [1.29, 1.82) is 0 Å². The molecule has 0 bridgehead atoms. The Morgan fingerprint density at radius 3 is 2.75 bits per heavy atom. The van der Waals surface area contributed by atoms with E-state index in [1.165, 1.54) is 7.11 Å². The highest BCUT2D eigenvalue weighted by atomic mass is 35.5. The normalized spacial score (nSPS) is 10.9. The molecule has 100 valence electrons. The first-order valence-electron chi connectivity index (χ1n) is 6.16. The third-order valence-electron chi connectivity index (χ3n) is 3.44. The number of esters is 1. The number of hydrogen-bond acceptors (Lipinski definition) is 3. The maximum Gasteiger partial charge on any atom is 0.338 e. The van der Waals surface area contributed by atoms with Gasteiger partial charge in [0.05, 0.1) is 12.7 Å². The van der Waals surface area contributed by atoms with Crippen LogP contribution in [-0.2, 0) is 4.74 Å². The van der Waals surface area contributed by atoms with Crippen molar-refractivity contribution in [3.63, 3.8) is 0 Å². The Balaban J connectivity index is 2.53. The van der Waals surface area contributed by atoms with E-state index in [1.54, 1.807) is 12.4 Å². The Hall–Kier alpha value is -2.13. The van der Waals surface area contributed by atoms with E-state index in [0.717, 1.165) is 27.1 Å². The van der Waals surface area contributed by atoms with E-state index >= 15 is 0 Å². The van der Waals surface area contributed by atoms with Crippen molar-refractivity contribution in [3.05, 3.63) is 52.8 Å². The van der Waals surface area contributed by atoms with E-state index in [1.807, 2.05) is 31.2 Å². The highest BCUT2D eigenvalue weighted by molar-refractivity contribution is 6.33. The van der Waals surface area contributed by atoms with Crippen molar-refractivity contribution in [2.45, 2.75) is 6.92 Å². The molecule has 0 saturated heterocycles. The summed E-state index contributed by atoms with van der Waals surface area (Å²) in [4.78, 5) is 16.1. The van der Waals surface area contributed by atoms with Gasteiger partial charge in [0.1, 0.15) is 0 Å². The Morgan fingerprint density at radius 1 is 1.20 bits per heavy atom. The van der Waals surface area contributed by atoms with E-state index in [9.17, 15) is 4.79 Å². The summed E-state index contributed by atoms with van der Waals surface area (Å²) in [5.41, 5.74) is 1.47. The van der Waals surface area contributed by atoms with Crippen LogP contribution in [0.25, 0.3) is 21.5 Å². The number of benzene rings is 2. The Labute approximate surface area is 121 Å². The van der Waals surface area contributed by atoms with Gasteiger partial charge in [-0.1, -0.05) is 11.6 Å². The maximum absolute atomic E-state index is 12.0. The lowest BCUT2D eigenvalue weighted by Crippen LogP contribution is -2.02. The van der Waals surface area contributed by atoms with Gasteiger partial charge in [-0.3, -0.25) is 4.98 Å². The molecule has 0 spiro atoms. The monoisotopic (exact) mass is 285 g/mol. The molecule has 0 atom stereocenters. The number of rotatable bonds is 1. The first kappa shape index (κ1) is 12.9. The van der Waals surface area contributed by atoms with Crippen LogP contribution >= 0.6 is 11.6 Å². The van der Waals surface area contributed by atoms with Gasteiger partial charge in [0, 0.05) is 22.8 Å². The molecule has 4 heteroatoms. The number of carbonyl (C=O) groups excluding carboxylic acids is 1. The van der Waals surface area contributed by atoms with Crippen LogP contribution in [0.5, 0.6) is 0 Å². The van der Waals surface area contributed by atoms with Crippen LogP contribution in [0.1, 0.15) is 15.9 Å². The van der Waals surface area contributed by atoms with Crippen LogP contribution in [0.2, 0.25) is 5.02 Å². The highest BCUT2D eigenvalue weighted by Crippen LogP contribution is 2.32. The lowest BCUT2D eigenvalue weighted by atomic mass is 9.97. The predicted octanol–water partition coefficient (Wildman–Crippen LogP) is 4.14. The zero-order chi connectivity index (χ0) is 14.3. The average Bonchev–Trinajstić information content (AvgIpc) is 2.47. The van der Waals surface area contributed by atoms with E-state index in [0.29, 0.717) is 10.6 Å². The van der Waals surface area contributed by atoms with Crippen LogP contribution in [0.15, 0.2) is 36.7 Å². The second-order valence-corrected chi connectivity index (χ2v) is 5.07. The number of fused-ring (bicyclic) bond motifs is 3. The summed E-state index contributed by atoms with van der Waals surface area (Å²) < 4.78 is 4.88. The molecule has 2 aromatic carbocycles. The van der Waals surface area contributed by atoms with Gasteiger partial charge in [-0.05, 0) is 52.9 Å². The lowest BCUT2D eigenvalue weighted by Gasteiger charge is -2.10. The molecule has 0 saturated carbocycles. The smallest absolute Gasteiger partial charge is 0.338 e. The summed E-state index contributed by atoms with van der Waals surface area (Å²) in [6, 6.07) is 7.49. The van der Waals surface area contributed by atoms with Crippen LogP contribution in [0.3, 0.4) is 0 Å². The Bertz CT molecular complexity index is 843. The first-order valence-corrected chi connectivity index (χ1v) is 6.54.